The van der Waals surface area contributed by atoms with Crippen molar-refractivity contribution in [3.63, 3.8) is 0 Å². The number of thiophene rings is 1. The first-order valence-corrected chi connectivity index (χ1v) is 8.78. The first-order valence-electron chi connectivity index (χ1n) is 7.96. The van der Waals surface area contributed by atoms with Crippen molar-refractivity contribution in [1.82, 2.24) is 4.90 Å². The molecule has 2 aromatic rings. The molecule has 0 fully saturated rings. The summed E-state index contributed by atoms with van der Waals surface area (Å²) in [7, 11) is 1.98. The summed E-state index contributed by atoms with van der Waals surface area (Å²) in [6.07, 6.45) is 0.679. The van der Waals surface area contributed by atoms with E-state index in [1.807, 2.05) is 7.05 Å². The molecule has 0 spiro atoms. The first kappa shape index (κ1) is 20.9. The SMILES string of the molecule is CCOC(=O)c1c(NC(=O)c2ccc([N+](=O)[O-])o2)sc2c1CCN(C)C2.Cl. The fraction of sp³-hybridized carbons (Fsp3) is 0.375. The van der Waals surface area contributed by atoms with Gasteiger partial charge in [0.25, 0.3) is 5.91 Å². The van der Waals surface area contributed by atoms with Crippen LogP contribution < -0.4 is 5.32 Å². The number of nitro groups is 1. The fourth-order valence-electron chi connectivity index (χ4n) is 2.75. The van der Waals surface area contributed by atoms with Gasteiger partial charge in [-0.05, 0) is 32.0 Å². The zero-order valence-corrected chi connectivity index (χ0v) is 16.3. The van der Waals surface area contributed by atoms with Crippen molar-refractivity contribution in [3.05, 3.63) is 44.0 Å². The molecule has 0 bridgehead atoms. The quantitative estimate of drug-likeness (QED) is 0.453. The van der Waals surface area contributed by atoms with Gasteiger partial charge in [0.05, 0.1) is 18.2 Å². The standard InChI is InChI=1S/C16H17N3O6S.ClH/c1-3-24-16(21)13-9-6-7-18(2)8-11(9)26-15(13)17-14(20)10-4-5-12(25-10)19(22)23;/h4-5H,3,6-8H2,1-2H3,(H,17,20);1H. The first-order chi connectivity index (χ1) is 12.4. The summed E-state index contributed by atoms with van der Waals surface area (Å²) in [5.41, 5.74) is 1.24. The molecular weight excluding hydrogens is 398 g/mol. The van der Waals surface area contributed by atoms with E-state index in [-0.39, 0.29) is 24.8 Å². The molecule has 3 rings (SSSR count). The predicted octanol–water partition coefficient (Wildman–Crippen LogP) is 3.09. The molecule has 0 aromatic carbocycles. The van der Waals surface area contributed by atoms with Crippen LogP contribution >= 0.6 is 23.7 Å². The lowest BCUT2D eigenvalue weighted by molar-refractivity contribution is -0.402. The van der Waals surface area contributed by atoms with Crippen LogP contribution in [0.4, 0.5) is 10.9 Å². The number of fused-ring (bicyclic) bond motifs is 1. The van der Waals surface area contributed by atoms with E-state index in [1.54, 1.807) is 6.92 Å². The summed E-state index contributed by atoms with van der Waals surface area (Å²) in [6.45, 7) is 3.41. The van der Waals surface area contributed by atoms with Gasteiger partial charge >= 0.3 is 11.9 Å². The smallest absolute Gasteiger partial charge is 0.433 e. The van der Waals surface area contributed by atoms with Crippen LogP contribution in [0.3, 0.4) is 0 Å². The Kier molecular flexibility index (Phi) is 6.58. The van der Waals surface area contributed by atoms with E-state index in [1.165, 1.54) is 17.4 Å². The van der Waals surface area contributed by atoms with Crippen molar-refractivity contribution in [2.24, 2.45) is 0 Å². The summed E-state index contributed by atoms with van der Waals surface area (Å²) in [5, 5.41) is 13.7. The Morgan fingerprint density at radius 1 is 1.44 bits per heavy atom. The van der Waals surface area contributed by atoms with E-state index in [0.717, 1.165) is 23.1 Å². The molecule has 0 unspecified atom stereocenters. The molecule has 0 saturated carbocycles. The van der Waals surface area contributed by atoms with E-state index >= 15 is 0 Å². The van der Waals surface area contributed by atoms with Gasteiger partial charge in [0.2, 0.25) is 0 Å². The molecular formula is C16H18ClN3O6S. The number of likely N-dealkylation sites (N-methyl/N-ethyl adjacent to an activating group) is 1. The third-order valence-electron chi connectivity index (χ3n) is 3.95. The number of amides is 1. The number of nitrogens with zero attached hydrogens (tertiary/aromatic N) is 2. The Labute approximate surface area is 164 Å². The van der Waals surface area contributed by atoms with Crippen LogP contribution in [0.1, 0.15) is 38.3 Å². The fourth-order valence-corrected chi connectivity index (χ4v) is 4.06. The minimum atomic E-state index is -0.722. The van der Waals surface area contributed by atoms with Crippen molar-refractivity contribution in [3.8, 4) is 0 Å². The Morgan fingerprint density at radius 3 is 2.81 bits per heavy atom. The lowest BCUT2D eigenvalue weighted by Crippen LogP contribution is -2.26. The Hall–Kier alpha value is -2.43. The van der Waals surface area contributed by atoms with Crippen LogP contribution in [0.15, 0.2) is 16.5 Å². The van der Waals surface area contributed by atoms with Gasteiger partial charge in [0, 0.05) is 18.0 Å². The monoisotopic (exact) mass is 415 g/mol. The highest BCUT2D eigenvalue weighted by molar-refractivity contribution is 7.17. The molecule has 27 heavy (non-hydrogen) atoms. The van der Waals surface area contributed by atoms with Gasteiger partial charge in [-0.3, -0.25) is 14.9 Å². The van der Waals surface area contributed by atoms with Crippen molar-refractivity contribution in [2.75, 3.05) is 25.5 Å². The summed E-state index contributed by atoms with van der Waals surface area (Å²) >= 11 is 1.31. The maximum atomic E-state index is 12.4. The predicted molar refractivity (Wildman–Crippen MR) is 101 cm³/mol. The number of hydrogen-bond acceptors (Lipinski definition) is 8. The van der Waals surface area contributed by atoms with Crippen molar-refractivity contribution < 1.29 is 23.7 Å². The second-order valence-corrected chi connectivity index (χ2v) is 6.87. The molecule has 0 atom stereocenters. The Balaban J connectivity index is 0.00000261. The number of anilines is 1. The summed E-state index contributed by atoms with van der Waals surface area (Å²) in [4.78, 5) is 37.9. The number of nitrogens with one attached hydrogen (secondary N) is 1. The van der Waals surface area contributed by atoms with Gasteiger partial charge < -0.3 is 19.4 Å². The minimum Gasteiger partial charge on any atom is -0.462 e. The molecule has 2 aromatic heterocycles. The summed E-state index contributed by atoms with van der Waals surface area (Å²) in [5.74, 6) is -1.87. The van der Waals surface area contributed by atoms with Crippen LogP contribution in [0.5, 0.6) is 0 Å². The molecule has 1 amide bonds. The highest BCUT2D eigenvalue weighted by Crippen LogP contribution is 2.37. The molecule has 146 valence electrons. The largest absolute Gasteiger partial charge is 0.462 e. The van der Waals surface area contributed by atoms with E-state index in [9.17, 15) is 19.7 Å². The van der Waals surface area contributed by atoms with Gasteiger partial charge in [-0.1, -0.05) is 0 Å². The van der Waals surface area contributed by atoms with Gasteiger partial charge in [-0.15, -0.1) is 23.7 Å². The number of halogens is 1. The second-order valence-electron chi connectivity index (χ2n) is 5.77. The van der Waals surface area contributed by atoms with E-state index < -0.39 is 22.7 Å². The van der Waals surface area contributed by atoms with Gasteiger partial charge in [0.15, 0.2) is 5.76 Å². The highest BCUT2D eigenvalue weighted by Gasteiger charge is 2.29. The zero-order valence-electron chi connectivity index (χ0n) is 14.6. The number of esters is 1. The molecule has 0 saturated heterocycles. The van der Waals surface area contributed by atoms with Crippen molar-refractivity contribution in [1.29, 1.82) is 0 Å². The zero-order chi connectivity index (χ0) is 18.8. The van der Waals surface area contributed by atoms with Crippen LogP contribution in [-0.4, -0.2) is 41.9 Å². The number of carbonyl (C=O) groups excluding carboxylic acids is 2. The number of rotatable bonds is 5. The number of ether oxygens (including phenoxy) is 1. The molecule has 3 heterocycles. The minimum absolute atomic E-state index is 0. The molecule has 1 aliphatic rings. The third kappa shape index (κ3) is 4.29. The average molecular weight is 416 g/mol. The molecule has 0 radical (unpaired) electrons. The molecule has 0 aliphatic carbocycles. The second kappa shape index (κ2) is 8.51. The molecule has 11 heteroatoms. The molecule has 9 nitrogen and oxygen atoms in total. The normalized spacial score (nSPS) is 13.4. The lowest BCUT2D eigenvalue weighted by Gasteiger charge is -2.22. The Bertz CT molecular complexity index is 878. The van der Waals surface area contributed by atoms with E-state index in [4.69, 9.17) is 9.15 Å². The van der Waals surface area contributed by atoms with E-state index in [0.29, 0.717) is 23.5 Å². The molecule has 1 N–H and O–H groups in total. The van der Waals surface area contributed by atoms with E-state index in [2.05, 4.69) is 10.2 Å². The molecule has 1 aliphatic heterocycles. The van der Waals surface area contributed by atoms with Gasteiger partial charge in [-0.2, -0.15) is 0 Å². The average Bonchev–Trinajstić information content (AvgIpc) is 3.19. The number of hydrogen-bond donors (Lipinski definition) is 1. The van der Waals surface area contributed by atoms with Gasteiger partial charge in [-0.25, -0.2) is 4.79 Å². The van der Waals surface area contributed by atoms with Crippen LogP contribution in [-0.2, 0) is 17.7 Å². The van der Waals surface area contributed by atoms with Crippen LogP contribution in [0.2, 0.25) is 0 Å². The van der Waals surface area contributed by atoms with Gasteiger partial charge in [0.1, 0.15) is 9.92 Å². The number of furan rings is 1. The van der Waals surface area contributed by atoms with Crippen LogP contribution in [0, 0.1) is 10.1 Å². The third-order valence-corrected chi connectivity index (χ3v) is 5.08. The van der Waals surface area contributed by atoms with Crippen molar-refractivity contribution in [2.45, 2.75) is 19.9 Å². The number of carbonyl (C=O) groups is 2. The maximum Gasteiger partial charge on any atom is 0.433 e. The Morgan fingerprint density at radius 2 is 2.19 bits per heavy atom. The lowest BCUT2D eigenvalue weighted by atomic mass is 10.0. The van der Waals surface area contributed by atoms with Crippen molar-refractivity contribution >= 4 is 46.5 Å². The van der Waals surface area contributed by atoms with Crippen LogP contribution in [0.25, 0.3) is 0 Å². The topological polar surface area (TPSA) is 115 Å². The maximum absolute atomic E-state index is 12.4. The summed E-state index contributed by atoms with van der Waals surface area (Å²) in [6, 6.07) is 2.33. The summed E-state index contributed by atoms with van der Waals surface area (Å²) < 4.78 is 10.0. The highest BCUT2D eigenvalue weighted by atomic mass is 35.5.